The second-order valence-electron chi connectivity index (χ2n) is 4.89. The van der Waals surface area contributed by atoms with Crippen LogP contribution in [0, 0.1) is 17.8 Å². The zero-order valence-corrected chi connectivity index (χ0v) is 8.52. The van der Waals surface area contributed by atoms with E-state index in [4.69, 9.17) is 0 Å². The number of nitrogens with zero attached hydrogens (tertiary/aromatic N) is 1. The SMILES string of the molecule is c1ccn(NCC2CC3CCC2C3)c1. The molecule has 3 atom stereocenters. The van der Waals surface area contributed by atoms with Crippen molar-refractivity contribution in [1.82, 2.24) is 4.68 Å². The minimum absolute atomic E-state index is 0.941. The fourth-order valence-electron chi connectivity index (χ4n) is 3.29. The van der Waals surface area contributed by atoms with E-state index in [1.807, 2.05) is 0 Å². The largest absolute Gasteiger partial charge is 0.326 e. The summed E-state index contributed by atoms with van der Waals surface area (Å²) in [6.07, 6.45) is 10.1. The summed E-state index contributed by atoms with van der Waals surface area (Å²) >= 11 is 0. The molecule has 0 amide bonds. The van der Waals surface area contributed by atoms with Gasteiger partial charge in [-0.05, 0) is 49.1 Å². The normalized spacial score (nSPS) is 35.0. The van der Waals surface area contributed by atoms with E-state index in [0.717, 1.165) is 24.3 Å². The van der Waals surface area contributed by atoms with Crippen LogP contribution >= 0.6 is 0 Å². The van der Waals surface area contributed by atoms with Crippen LogP contribution in [0.2, 0.25) is 0 Å². The van der Waals surface area contributed by atoms with Gasteiger partial charge in [0.2, 0.25) is 0 Å². The molecule has 0 spiro atoms. The first-order chi connectivity index (χ1) is 6.92. The summed E-state index contributed by atoms with van der Waals surface area (Å²) in [5.74, 6) is 3.04. The minimum atomic E-state index is 0.941. The van der Waals surface area contributed by atoms with Crippen LogP contribution in [0.15, 0.2) is 24.5 Å². The highest BCUT2D eigenvalue weighted by Gasteiger charge is 2.38. The van der Waals surface area contributed by atoms with Crippen molar-refractivity contribution in [3.05, 3.63) is 24.5 Å². The van der Waals surface area contributed by atoms with Crippen molar-refractivity contribution < 1.29 is 0 Å². The fraction of sp³-hybridized carbons (Fsp3) is 0.667. The number of rotatable bonds is 3. The first-order valence-electron chi connectivity index (χ1n) is 5.78. The van der Waals surface area contributed by atoms with Crippen LogP contribution in [0.4, 0.5) is 0 Å². The Balaban J connectivity index is 1.54. The third-order valence-electron chi connectivity index (χ3n) is 4.03. The molecule has 0 saturated heterocycles. The summed E-state index contributed by atoms with van der Waals surface area (Å²) in [4.78, 5) is 0. The molecule has 2 nitrogen and oxygen atoms in total. The van der Waals surface area contributed by atoms with E-state index >= 15 is 0 Å². The highest BCUT2D eigenvalue weighted by atomic mass is 15.4. The predicted molar refractivity (Wildman–Crippen MR) is 57.6 cm³/mol. The Kier molecular flexibility index (Phi) is 2.00. The minimum Gasteiger partial charge on any atom is -0.326 e. The Morgan fingerprint density at radius 1 is 1.14 bits per heavy atom. The standard InChI is InChI=1S/C12H18N2/c1-2-6-14(5-1)13-9-12-8-10-3-4-11(12)7-10/h1-2,5-6,10-13H,3-4,7-9H2. The maximum Gasteiger partial charge on any atom is 0.0344 e. The monoisotopic (exact) mass is 190 g/mol. The number of hydrogen-bond donors (Lipinski definition) is 1. The molecule has 76 valence electrons. The summed E-state index contributed by atoms with van der Waals surface area (Å²) < 4.78 is 2.08. The van der Waals surface area contributed by atoms with Crippen molar-refractivity contribution in [3.63, 3.8) is 0 Å². The maximum absolute atomic E-state index is 3.47. The molecular weight excluding hydrogens is 172 g/mol. The molecule has 1 aromatic rings. The van der Waals surface area contributed by atoms with Gasteiger partial charge in [-0.15, -0.1) is 0 Å². The van der Waals surface area contributed by atoms with Crippen molar-refractivity contribution in [2.24, 2.45) is 17.8 Å². The van der Waals surface area contributed by atoms with Gasteiger partial charge in [0.15, 0.2) is 0 Å². The van der Waals surface area contributed by atoms with Crippen LogP contribution in [-0.2, 0) is 0 Å². The molecule has 2 saturated carbocycles. The number of nitrogens with one attached hydrogen (secondary N) is 1. The Labute approximate surface area is 85.3 Å². The highest BCUT2D eigenvalue weighted by molar-refractivity contribution is 4.96. The van der Waals surface area contributed by atoms with Gasteiger partial charge in [0.05, 0.1) is 0 Å². The van der Waals surface area contributed by atoms with Gasteiger partial charge in [-0.1, -0.05) is 6.42 Å². The second kappa shape index (κ2) is 3.34. The van der Waals surface area contributed by atoms with Crippen LogP contribution in [0.3, 0.4) is 0 Å². The Bertz CT molecular complexity index is 291. The lowest BCUT2D eigenvalue weighted by Gasteiger charge is -2.22. The van der Waals surface area contributed by atoms with E-state index in [2.05, 4.69) is 34.6 Å². The van der Waals surface area contributed by atoms with Crippen molar-refractivity contribution in [3.8, 4) is 0 Å². The summed E-state index contributed by atoms with van der Waals surface area (Å²) in [7, 11) is 0. The number of fused-ring (bicyclic) bond motifs is 2. The van der Waals surface area contributed by atoms with Crippen LogP contribution in [-0.4, -0.2) is 11.2 Å². The van der Waals surface area contributed by atoms with Gasteiger partial charge < -0.3 is 5.43 Å². The van der Waals surface area contributed by atoms with Gasteiger partial charge in [0.1, 0.15) is 0 Å². The quantitative estimate of drug-likeness (QED) is 0.774. The van der Waals surface area contributed by atoms with E-state index < -0.39 is 0 Å². The fourth-order valence-corrected chi connectivity index (χ4v) is 3.29. The lowest BCUT2D eigenvalue weighted by Crippen LogP contribution is -2.25. The number of hydrogen-bond acceptors (Lipinski definition) is 1. The molecule has 1 heterocycles. The molecule has 2 aliphatic carbocycles. The molecule has 2 heteroatoms. The lowest BCUT2D eigenvalue weighted by molar-refractivity contribution is 0.342. The summed E-state index contributed by atoms with van der Waals surface area (Å²) in [5, 5.41) is 0. The molecule has 0 aromatic carbocycles. The molecule has 0 radical (unpaired) electrons. The lowest BCUT2D eigenvalue weighted by atomic mass is 9.89. The molecule has 3 rings (SSSR count). The Morgan fingerprint density at radius 2 is 2.00 bits per heavy atom. The van der Waals surface area contributed by atoms with E-state index in [1.165, 1.54) is 25.7 Å². The van der Waals surface area contributed by atoms with E-state index in [0.29, 0.717) is 0 Å². The zero-order chi connectivity index (χ0) is 9.38. The van der Waals surface area contributed by atoms with Gasteiger partial charge in [-0.25, -0.2) is 0 Å². The van der Waals surface area contributed by atoms with Crippen LogP contribution < -0.4 is 5.43 Å². The maximum atomic E-state index is 3.47. The van der Waals surface area contributed by atoms with Crippen LogP contribution in [0.5, 0.6) is 0 Å². The molecule has 2 bridgehead atoms. The van der Waals surface area contributed by atoms with Crippen molar-refractivity contribution in [2.45, 2.75) is 25.7 Å². The first-order valence-corrected chi connectivity index (χ1v) is 5.78. The van der Waals surface area contributed by atoms with Crippen LogP contribution in [0.1, 0.15) is 25.7 Å². The highest BCUT2D eigenvalue weighted by Crippen LogP contribution is 2.47. The Morgan fingerprint density at radius 3 is 2.64 bits per heavy atom. The van der Waals surface area contributed by atoms with E-state index in [9.17, 15) is 0 Å². The van der Waals surface area contributed by atoms with Crippen molar-refractivity contribution in [1.29, 1.82) is 0 Å². The Hall–Kier alpha value is -0.920. The zero-order valence-electron chi connectivity index (χ0n) is 8.52. The summed E-state index contributed by atoms with van der Waals surface area (Å²) in [6.45, 7) is 1.16. The molecular formula is C12H18N2. The summed E-state index contributed by atoms with van der Waals surface area (Å²) in [5.41, 5.74) is 3.47. The van der Waals surface area contributed by atoms with Crippen molar-refractivity contribution in [2.75, 3.05) is 12.0 Å². The van der Waals surface area contributed by atoms with Crippen molar-refractivity contribution >= 4 is 0 Å². The average Bonchev–Trinajstić information content (AvgIpc) is 2.91. The van der Waals surface area contributed by atoms with Gasteiger partial charge in [-0.3, -0.25) is 4.68 Å². The smallest absolute Gasteiger partial charge is 0.0344 e. The van der Waals surface area contributed by atoms with Gasteiger partial charge in [0, 0.05) is 18.9 Å². The molecule has 0 aliphatic heterocycles. The first kappa shape index (κ1) is 8.39. The third kappa shape index (κ3) is 1.43. The van der Waals surface area contributed by atoms with Gasteiger partial charge >= 0.3 is 0 Å². The molecule has 2 aliphatic rings. The van der Waals surface area contributed by atoms with E-state index in [-0.39, 0.29) is 0 Å². The molecule has 2 fully saturated rings. The average molecular weight is 190 g/mol. The molecule has 3 unspecified atom stereocenters. The van der Waals surface area contributed by atoms with Gasteiger partial charge in [-0.2, -0.15) is 0 Å². The van der Waals surface area contributed by atoms with E-state index in [1.54, 1.807) is 0 Å². The number of aromatic nitrogens is 1. The second-order valence-corrected chi connectivity index (χ2v) is 4.89. The predicted octanol–water partition coefficient (Wildman–Crippen LogP) is 2.47. The summed E-state index contributed by atoms with van der Waals surface area (Å²) in [6, 6.07) is 4.13. The third-order valence-corrected chi connectivity index (χ3v) is 4.03. The molecule has 1 aromatic heterocycles. The van der Waals surface area contributed by atoms with Crippen LogP contribution in [0.25, 0.3) is 0 Å². The molecule has 1 N–H and O–H groups in total. The van der Waals surface area contributed by atoms with Gasteiger partial charge in [0.25, 0.3) is 0 Å². The topological polar surface area (TPSA) is 17.0 Å². The molecule has 14 heavy (non-hydrogen) atoms.